The summed E-state index contributed by atoms with van der Waals surface area (Å²) >= 11 is 0. The van der Waals surface area contributed by atoms with Crippen molar-refractivity contribution in [2.24, 2.45) is 5.92 Å². The fraction of sp³-hybridized carbons (Fsp3) is 1.00. The first-order chi connectivity index (χ1) is 8.03. The smallest absolute Gasteiger partial charge is 0.213 e. The topological polar surface area (TPSA) is 58.2 Å². The predicted octanol–water partition coefficient (Wildman–Crippen LogP) is 1.48. The molecule has 0 saturated heterocycles. The van der Waals surface area contributed by atoms with Crippen molar-refractivity contribution >= 4 is 10.0 Å². The van der Waals surface area contributed by atoms with Crippen LogP contribution in [0.3, 0.4) is 0 Å². The minimum atomic E-state index is -3.09. The van der Waals surface area contributed by atoms with E-state index in [1.165, 1.54) is 0 Å². The molecule has 2 N–H and O–H groups in total. The van der Waals surface area contributed by atoms with E-state index in [1.807, 2.05) is 0 Å². The van der Waals surface area contributed by atoms with Gasteiger partial charge in [0.2, 0.25) is 10.0 Å². The van der Waals surface area contributed by atoms with Gasteiger partial charge in [-0.05, 0) is 44.6 Å². The van der Waals surface area contributed by atoms with Gasteiger partial charge in [0.05, 0.1) is 5.75 Å². The zero-order valence-electron chi connectivity index (χ0n) is 11.0. The Balaban J connectivity index is 2.24. The van der Waals surface area contributed by atoms with Crippen LogP contribution in [0.15, 0.2) is 0 Å². The highest BCUT2D eigenvalue weighted by molar-refractivity contribution is 7.89. The van der Waals surface area contributed by atoms with E-state index in [1.54, 1.807) is 0 Å². The first-order valence-electron chi connectivity index (χ1n) is 6.74. The molecular weight excluding hydrogens is 236 g/mol. The van der Waals surface area contributed by atoms with Gasteiger partial charge in [0.25, 0.3) is 0 Å². The maximum atomic E-state index is 11.8. The number of hydrogen-bond acceptors (Lipinski definition) is 3. The summed E-state index contributed by atoms with van der Waals surface area (Å²) in [7, 11) is -3.09. The van der Waals surface area contributed by atoms with Crippen LogP contribution < -0.4 is 10.0 Å². The van der Waals surface area contributed by atoms with Crippen molar-refractivity contribution in [1.29, 1.82) is 0 Å². The zero-order valence-corrected chi connectivity index (χ0v) is 11.9. The van der Waals surface area contributed by atoms with E-state index in [2.05, 4.69) is 23.9 Å². The minimum Gasteiger partial charge on any atom is -0.316 e. The quantitative estimate of drug-likeness (QED) is 0.683. The number of rotatable bonds is 7. The molecule has 102 valence electrons. The van der Waals surface area contributed by atoms with Crippen LogP contribution in [0.5, 0.6) is 0 Å². The molecule has 0 aromatic carbocycles. The van der Waals surface area contributed by atoms with E-state index in [-0.39, 0.29) is 11.8 Å². The third-order valence-corrected chi connectivity index (χ3v) is 4.77. The van der Waals surface area contributed by atoms with E-state index in [0.717, 1.165) is 44.6 Å². The third-order valence-electron chi connectivity index (χ3n) is 3.34. The standard InChI is InChI=1S/C12H26N2O2S/c1-3-8-13-9-10-17(15,16)14-12-6-4-11(2)5-7-12/h11-14H,3-10H2,1-2H3. The summed E-state index contributed by atoms with van der Waals surface area (Å²) in [5.74, 6) is 0.945. The second-order valence-electron chi connectivity index (χ2n) is 5.14. The Labute approximate surface area is 106 Å². The fourth-order valence-electron chi connectivity index (χ4n) is 2.20. The van der Waals surface area contributed by atoms with E-state index in [4.69, 9.17) is 0 Å². The van der Waals surface area contributed by atoms with Crippen molar-refractivity contribution in [3.05, 3.63) is 0 Å². The molecule has 0 heterocycles. The zero-order chi connectivity index (χ0) is 12.7. The molecule has 0 aromatic heterocycles. The van der Waals surface area contributed by atoms with Gasteiger partial charge in [-0.15, -0.1) is 0 Å². The molecule has 4 nitrogen and oxygen atoms in total. The molecule has 1 aliphatic rings. The van der Waals surface area contributed by atoms with E-state index >= 15 is 0 Å². The van der Waals surface area contributed by atoms with Crippen molar-refractivity contribution < 1.29 is 8.42 Å². The van der Waals surface area contributed by atoms with Crippen LogP contribution in [0.4, 0.5) is 0 Å². The molecular formula is C12H26N2O2S. The first kappa shape index (κ1) is 14.9. The highest BCUT2D eigenvalue weighted by Gasteiger charge is 2.22. The lowest BCUT2D eigenvalue weighted by Crippen LogP contribution is -2.40. The number of nitrogens with one attached hydrogen (secondary N) is 2. The second kappa shape index (κ2) is 7.34. The average molecular weight is 262 g/mol. The summed E-state index contributed by atoms with van der Waals surface area (Å²) in [5, 5.41) is 3.12. The van der Waals surface area contributed by atoms with Gasteiger partial charge < -0.3 is 5.32 Å². The highest BCUT2D eigenvalue weighted by atomic mass is 32.2. The second-order valence-corrected chi connectivity index (χ2v) is 7.02. The molecule has 1 saturated carbocycles. The Bertz CT molecular complexity index is 296. The summed E-state index contributed by atoms with van der Waals surface area (Å²) in [6.45, 7) is 5.74. The van der Waals surface area contributed by atoms with Gasteiger partial charge in [-0.25, -0.2) is 13.1 Å². The molecule has 0 atom stereocenters. The fourth-order valence-corrected chi connectivity index (χ4v) is 3.47. The molecule has 17 heavy (non-hydrogen) atoms. The van der Waals surface area contributed by atoms with Gasteiger partial charge in [0.15, 0.2) is 0 Å². The summed E-state index contributed by atoms with van der Waals surface area (Å²) in [6, 6.07) is 0.169. The van der Waals surface area contributed by atoms with Crippen molar-refractivity contribution in [3.63, 3.8) is 0 Å². The third kappa shape index (κ3) is 6.38. The summed E-state index contributed by atoms with van der Waals surface area (Å²) in [4.78, 5) is 0. The normalized spacial score (nSPS) is 26.0. The molecule has 0 bridgehead atoms. The van der Waals surface area contributed by atoms with Crippen LogP contribution in [0.2, 0.25) is 0 Å². The maximum Gasteiger partial charge on any atom is 0.213 e. The van der Waals surface area contributed by atoms with E-state index in [0.29, 0.717) is 6.54 Å². The van der Waals surface area contributed by atoms with Crippen molar-refractivity contribution in [2.75, 3.05) is 18.8 Å². The molecule has 0 amide bonds. The monoisotopic (exact) mass is 262 g/mol. The summed E-state index contributed by atoms with van der Waals surface area (Å²) in [5.41, 5.74) is 0. The van der Waals surface area contributed by atoms with Gasteiger partial charge in [-0.3, -0.25) is 0 Å². The molecule has 0 spiro atoms. The SMILES string of the molecule is CCCNCCS(=O)(=O)NC1CCC(C)CC1. The lowest BCUT2D eigenvalue weighted by molar-refractivity contribution is 0.332. The Kier molecular flexibility index (Phi) is 6.44. The van der Waals surface area contributed by atoms with Crippen LogP contribution in [0.1, 0.15) is 46.0 Å². The van der Waals surface area contributed by atoms with E-state index in [9.17, 15) is 8.42 Å². The average Bonchev–Trinajstić information content (AvgIpc) is 2.27. The van der Waals surface area contributed by atoms with Crippen LogP contribution >= 0.6 is 0 Å². The maximum absolute atomic E-state index is 11.8. The van der Waals surface area contributed by atoms with Crippen LogP contribution in [-0.4, -0.2) is 33.3 Å². The van der Waals surface area contributed by atoms with Gasteiger partial charge in [-0.1, -0.05) is 13.8 Å². The Hall–Kier alpha value is -0.130. The van der Waals surface area contributed by atoms with Crippen LogP contribution in [0.25, 0.3) is 0 Å². The molecule has 0 unspecified atom stereocenters. The molecule has 1 aliphatic carbocycles. The van der Waals surface area contributed by atoms with Gasteiger partial charge in [0, 0.05) is 12.6 Å². The molecule has 1 rings (SSSR count). The lowest BCUT2D eigenvalue weighted by atomic mass is 9.88. The van der Waals surface area contributed by atoms with Gasteiger partial charge in [0.1, 0.15) is 0 Å². The molecule has 0 radical (unpaired) electrons. The number of hydrogen-bond donors (Lipinski definition) is 2. The molecule has 0 aromatic rings. The van der Waals surface area contributed by atoms with Gasteiger partial charge >= 0.3 is 0 Å². The predicted molar refractivity (Wildman–Crippen MR) is 71.5 cm³/mol. The Morgan fingerprint density at radius 3 is 2.35 bits per heavy atom. The molecule has 5 heteroatoms. The largest absolute Gasteiger partial charge is 0.316 e. The van der Waals surface area contributed by atoms with Crippen molar-refractivity contribution in [3.8, 4) is 0 Å². The van der Waals surface area contributed by atoms with E-state index < -0.39 is 10.0 Å². The van der Waals surface area contributed by atoms with Crippen molar-refractivity contribution in [1.82, 2.24) is 10.0 Å². The summed E-state index contributed by atoms with van der Waals surface area (Å²) in [6.07, 6.45) is 5.29. The number of sulfonamides is 1. The molecule has 1 fully saturated rings. The highest BCUT2D eigenvalue weighted by Crippen LogP contribution is 2.23. The van der Waals surface area contributed by atoms with Crippen LogP contribution in [0, 0.1) is 5.92 Å². The lowest BCUT2D eigenvalue weighted by Gasteiger charge is -2.26. The summed E-state index contributed by atoms with van der Waals surface area (Å²) < 4.78 is 26.4. The first-order valence-corrected chi connectivity index (χ1v) is 8.39. The minimum absolute atomic E-state index is 0.169. The Morgan fingerprint density at radius 2 is 1.76 bits per heavy atom. The van der Waals surface area contributed by atoms with Crippen LogP contribution in [-0.2, 0) is 10.0 Å². The Morgan fingerprint density at radius 1 is 1.12 bits per heavy atom. The molecule has 0 aliphatic heterocycles. The van der Waals surface area contributed by atoms with Gasteiger partial charge in [-0.2, -0.15) is 0 Å². The van der Waals surface area contributed by atoms with Crippen molar-refractivity contribution in [2.45, 2.75) is 52.0 Å².